The minimum Gasteiger partial charge on any atom is -0.294 e. The van der Waals surface area contributed by atoms with Crippen LogP contribution in [0.3, 0.4) is 0 Å². The number of hydrogen-bond donors (Lipinski definition) is 0. The Hall–Kier alpha value is -2.15. The molecule has 0 aromatic heterocycles. The van der Waals surface area contributed by atoms with E-state index in [-0.39, 0.29) is 5.78 Å². The molecule has 0 bridgehead atoms. The molecule has 0 amide bonds. The van der Waals surface area contributed by atoms with Crippen molar-refractivity contribution < 1.29 is 4.79 Å². The summed E-state index contributed by atoms with van der Waals surface area (Å²) in [4.78, 5) is 11.5. The summed E-state index contributed by atoms with van der Waals surface area (Å²) in [5.74, 6) is 0.203. The van der Waals surface area contributed by atoms with Gasteiger partial charge in [0, 0.05) is 6.42 Å². The fraction of sp³-hybridized carbons (Fsp3) is 0.118. The van der Waals surface area contributed by atoms with E-state index >= 15 is 0 Å². The number of allylic oxidation sites excluding steroid dienone is 1. The van der Waals surface area contributed by atoms with Crippen LogP contribution in [0.1, 0.15) is 22.3 Å². The molecule has 1 heteroatoms. The molecule has 18 heavy (non-hydrogen) atoms. The Morgan fingerprint density at radius 1 is 0.778 bits per heavy atom. The lowest BCUT2D eigenvalue weighted by atomic mass is 9.92. The molecule has 0 aliphatic heterocycles. The number of fused-ring (bicyclic) bond motifs is 4. The molecular formula is C17H12O. The van der Waals surface area contributed by atoms with E-state index in [1.54, 1.807) is 6.08 Å². The molecule has 2 aromatic carbocycles. The zero-order chi connectivity index (χ0) is 12.1. The van der Waals surface area contributed by atoms with E-state index in [1.807, 2.05) is 6.08 Å². The van der Waals surface area contributed by atoms with Gasteiger partial charge in [-0.15, -0.1) is 0 Å². The average molecular weight is 232 g/mol. The summed E-state index contributed by atoms with van der Waals surface area (Å²) in [5, 5.41) is 0. The maximum absolute atomic E-state index is 11.5. The highest BCUT2D eigenvalue weighted by Crippen LogP contribution is 2.38. The second-order valence-corrected chi connectivity index (χ2v) is 5.02. The molecule has 0 fully saturated rings. The second-order valence-electron chi connectivity index (χ2n) is 5.02. The van der Waals surface area contributed by atoms with Crippen LogP contribution in [0.2, 0.25) is 0 Å². The van der Waals surface area contributed by atoms with Gasteiger partial charge in [0.05, 0.1) is 0 Å². The minimum absolute atomic E-state index is 0.203. The van der Waals surface area contributed by atoms with Crippen molar-refractivity contribution in [1.82, 2.24) is 0 Å². The third-order valence-electron chi connectivity index (χ3n) is 3.87. The van der Waals surface area contributed by atoms with E-state index in [4.69, 9.17) is 0 Å². The van der Waals surface area contributed by atoms with Crippen molar-refractivity contribution in [2.75, 3.05) is 0 Å². The zero-order valence-corrected chi connectivity index (χ0v) is 9.94. The van der Waals surface area contributed by atoms with Gasteiger partial charge in [0.1, 0.15) is 0 Å². The number of benzene rings is 2. The monoisotopic (exact) mass is 232 g/mol. The summed E-state index contributed by atoms with van der Waals surface area (Å²) >= 11 is 0. The number of ketones is 1. The molecule has 4 rings (SSSR count). The van der Waals surface area contributed by atoms with Crippen LogP contribution in [0.15, 0.2) is 42.5 Å². The SMILES string of the molecule is O=C1C=Cc2cc3c(cc2C1)-c1ccccc1C3. The first-order valence-corrected chi connectivity index (χ1v) is 6.26. The van der Waals surface area contributed by atoms with E-state index in [9.17, 15) is 4.79 Å². The first-order chi connectivity index (χ1) is 8.81. The van der Waals surface area contributed by atoms with Crippen LogP contribution in [0.25, 0.3) is 17.2 Å². The summed E-state index contributed by atoms with van der Waals surface area (Å²) in [6.07, 6.45) is 5.20. The maximum Gasteiger partial charge on any atom is 0.160 e. The van der Waals surface area contributed by atoms with Crippen molar-refractivity contribution in [3.8, 4) is 11.1 Å². The third-order valence-corrected chi connectivity index (χ3v) is 3.87. The molecule has 0 atom stereocenters. The Morgan fingerprint density at radius 3 is 2.61 bits per heavy atom. The van der Waals surface area contributed by atoms with Gasteiger partial charge in [-0.2, -0.15) is 0 Å². The van der Waals surface area contributed by atoms with Gasteiger partial charge in [-0.05, 0) is 51.9 Å². The van der Waals surface area contributed by atoms with Gasteiger partial charge >= 0.3 is 0 Å². The highest BCUT2D eigenvalue weighted by molar-refractivity contribution is 5.99. The predicted octanol–water partition coefficient (Wildman–Crippen LogP) is 3.40. The Balaban J connectivity index is 1.95. The van der Waals surface area contributed by atoms with Crippen molar-refractivity contribution >= 4 is 11.9 Å². The van der Waals surface area contributed by atoms with Crippen LogP contribution < -0.4 is 0 Å². The smallest absolute Gasteiger partial charge is 0.160 e. The molecule has 1 nitrogen and oxygen atoms in total. The molecule has 0 saturated heterocycles. The van der Waals surface area contributed by atoms with Gasteiger partial charge in [-0.1, -0.05) is 36.4 Å². The molecule has 0 saturated carbocycles. The highest BCUT2D eigenvalue weighted by Gasteiger charge is 2.21. The van der Waals surface area contributed by atoms with Crippen molar-refractivity contribution in [2.24, 2.45) is 0 Å². The molecule has 0 radical (unpaired) electrons. The van der Waals surface area contributed by atoms with Crippen molar-refractivity contribution in [1.29, 1.82) is 0 Å². The maximum atomic E-state index is 11.5. The van der Waals surface area contributed by atoms with E-state index in [0.29, 0.717) is 6.42 Å². The topological polar surface area (TPSA) is 17.1 Å². The van der Waals surface area contributed by atoms with Crippen molar-refractivity contribution in [2.45, 2.75) is 12.8 Å². The molecule has 0 spiro atoms. The average Bonchev–Trinajstić information content (AvgIpc) is 2.74. The lowest BCUT2D eigenvalue weighted by molar-refractivity contribution is -0.114. The first kappa shape index (κ1) is 9.84. The second kappa shape index (κ2) is 3.42. The summed E-state index contributed by atoms with van der Waals surface area (Å²) in [6.45, 7) is 0. The molecule has 0 heterocycles. The summed E-state index contributed by atoms with van der Waals surface area (Å²) < 4.78 is 0. The van der Waals surface area contributed by atoms with Crippen LogP contribution >= 0.6 is 0 Å². The third kappa shape index (κ3) is 1.31. The van der Waals surface area contributed by atoms with Crippen LogP contribution in [0, 0.1) is 0 Å². The lowest BCUT2D eigenvalue weighted by Gasteiger charge is -2.12. The van der Waals surface area contributed by atoms with Gasteiger partial charge < -0.3 is 0 Å². The number of rotatable bonds is 0. The summed E-state index contributed by atoms with van der Waals surface area (Å²) in [6, 6.07) is 13.0. The Labute approximate surface area is 106 Å². The largest absolute Gasteiger partial charge is 0.294 e. The Bertz CT molecular complexity index is 708. The van der Waals surface area contributed by atoms with Crippen LogP contribution in [0.5, 0.6) is 0 Å². The minimum atomic E-state index is 0.203. The number of hydrogen-bond acceptors (Lipinski definition) is 1. The molecule has 2 aliphatic carbocycles. The summed E-state index contributed by atoms with van der Waals surface area (Å²) in [7, 11) is 0. The molecule has 86 valence electrons. The van der Waals surface area contributed by atoms with Gasteiger partial charge in [0.2, 0.25) is 0 Å². The van der Waals surface area contributed by atoms with Gasteiger partial charge in [0.15, 0.2) is 5.78 Å². The lowest BCUT2D eigenvalue weighted by Crippen LogP contribution is -2.05. The molecule has 0 N–H and O–H groups in total. The molecule has 2 aromatic rings. The fourth-order valence-corrected chi connectivity index (χ4v) is 2.99. The van der Waals surface area contributed by atoms with E-state index in [2.05, 4.69) is 36.4 Å². The number of carbonyl (C=O) groups excluding carboxylic acids is 1. The standard InChI is InChI=1S/C17H12O/c18-15-6-5-11-7-14-8-12-3-1-2-4-16(12)17(14)10-13(11)9-15/h1-7,10H,8-9H2. The summed E-state index contributed by atoms with van der Waals surface area (Å²) in [5.41, 5.74) is 7.79. The first-order valence-electron chi connectivity index (χ1n) is 6.26. The quantitative estimate of drug-likeness (QED) is 0.580. The fourth-order valence-electron chi connectivity index (χ4n) is 2.99. The highest BCUT2D eigenvalue weighted by atomic mass is 16.1. The van der Waals surface area contributed by atoms with E-state index in [1.165, 1.54) is 27.8 Å². The molecule has 0 unspecified atom stereocenters. The Kier molecular flexibility index (Phi) is 1.87. The van der Waals surface area contributed by atoms with Gasteiger partial charge in [-0.3, -0.25) is 4.79 Å². The normalized spacial score (nSPS) is 15.2. The molecular weight excluding hydrogens is 220 g/mol. The molecule has 2 aliphatic rings. The van der Waals surface area contributed by atoms with Crippen molar-refractivity contribution in [3.63, 3.8) is 0 Å². The van der Waals surface area contributed by atoms with Crippen LogP contribution in [0.4, 0.5) is 0 Å². The Morgan fingerprint density at radius 2 is 1.67 bits per heavy atom. The zero-order valence-electron chi connectivity index (χ0n) is 9.94. The van der Waals surface area contributed by atoms with E-state index < -0.39 is 0 Å². The van der Waals surface area contributed by atoms with Crippen LogP contribution in [-0.4, -0.2) is 5.78 Å². The van der Waals surface area contributed by atoms with Gasteiger partial charge in [0.25, 0.3) is 0 Å². The van der Waals surface area contributed by atoms with Gasteiger partial charge in [-0.25, -0.2) is 0 Å². The van der Waals surface area contributed by atoms with Crippen molar-refractivity contribution in [3.05, 3.63) is 64.7 Å². The van der Waals surface area contributed by atoms with Crippen LogP contribution in [-0.2, 0) is 17.6 Å². The van der Waals surface area contributed by atoms with E-state index in [0.717, 1.165) is 12.0 Å². The predicted molar refractivity (Wildman–Crippen MR) is 72.4 cm³/mol. The number of carbonyl (C=O) groups is 1.